The largest absolute Gasteiger partial charge is 0.370 e. The van der Waals surface area contributed by atoms with Gasteiger partial charge in [-0.25, -0.2) is 4.98 Å². The smallest absolute Gasteiger partial charge is 0.172 e. The van der Waals surface area contributed by atoms with Crippen molar-refractivity contribution in [3.8, 4) is 0 Å². The summed E-state index contributed by atoms with van der Waals surface area (Å²) in [6.07, 6.45) is 10.3. The summed E-state index contributed by atoms with van der Waals surface area (Å²) in [6, 6.07) is 0. The number of aromatic nitrogens is 2. The highest BCUT2D eigenvalue weighted by atomic mass is 16.5. The van der Waals surface area contributed by atoms with Gasteiger partial charge in [0.25, 0.3) is 0 Å². The summed E-state index contributed by atoms with van der Waals surface area (Å²) in [6.45, 7) is 0. The number of methoxy groups -OCH3 is 1. The van der Waals surface area contributed by atoms with Gasteiger partial charge in [0.15, 0.2) is 5.78 Å². The normalized spacial score (nSPS) is 19.4. The SMILES string of the molecule is COC1(C(=O)Cc2nccn2C)CCCCCC1. The number of Topliss-reactive ketones (excluding diaryl/α,β-unsaturated/α-hetero) is 1. The van der Waals surface area contributed by atoms with E-state index in [9.17, 15) is 4.79 Å². The standard InChI is InChI=1S/C14H22N2O2/c1-16-10-9-15-13(16)11-12(17)14(18-2)7-5-3-4-6-8-14/h9-10H,3-8,11H2,1-2H3. The van der Waals surface area contributed by atoms with Gasteiger partial charge in [-0.05, 0) is 12.8 Å². The summed E-state index contributed by atoms with van der Waals surface area (Å²) in [5, 5.41) is 0. The van der Waals surface area contributed by atoms with Crippen molar-refractivity contribution in [3.05, 3.63) is 18.2 Å². The zero-order chi connectivity index (χ0) is 13.0. The Morgan fingerprint density at radius 2 is 2.06 bits per heavy atom. The molecule has 1 aliphatic rings. The highest BCUT2D eigenvalue weighted by Crippen LogP contribution is 2.31. The van der Waals surface area contributed by atoms with Crippen molar-refractivity contribution >= 4 is 5.78 Å². The average molecular weight is 250 g/mol. The van der Waals surface area contributed by atoms with E-state index >= 15 is 0 Å². The number of rotatable bonds is 4. The van der Waals surface area contributed by atoms with Gasteiger partial charge in [0.2, 0.25) is 0 Å². The predicted octanol–water partition coefficient (Wildman–Crippen LogP) is 2.27. The van der Waals surface area contributed by atoms with Crippen LogP contribution in [0.2, 0.25) is 0 Å². The first-order valence-corrected chi connectivity index (χ1v) is 6.72. The monoisotopic (exact) mass is 250 g/mol. The number of carbonyl (C=O) groups excluding carboxylic acids is 1. The molecule has 0 unspecified atom stereocenters. The van der Waals surface area contributed by atoms with Gasteiger partial charge >= 0.3 is 0 Å². The third-order valence-electron chi connectivity index (χ3n) is 4.05. The number of carbonyl (C=O) groups is 1. The van der Waals surface area contributed by atoms with Crippen LogP contribution in [0.3, 0.4) is 0 Å². The second-order valence-corrected chi connectivity index (χ2v) is 5.17. The Hall–Kier alpha value is -1.16. The molecule has 0 aliphatic heterocycles. The lowest BCUT2D eigenvalue weighted by Crippen LogP contribution is -2.41. The van der Waals surface area contributed by atoms with E-state index in [4.69, 9.17) is 4.74 Å². The summed E-state index contributed by atoms with van der Waals surface area (Å²) in [5.74, 6) is 1.00. The summed E-state index contributed by atoms with van der Waals surface area (Å²) >= 11 is 0. The van der Waals surface area contributed by atoms with Gasteiger partial charge in [0, 0.05) is 26.6 Å². The lowest BCUT2D eigenvalue weighted by atomic mass is 9.87. The van der Waals surface area contributed by atoms with Crippen LogP contribution in [0.5, 0.6) is 0 Å². The van der Waals surface area contributed by atoms with E-state index in [2.05, 4.69) is 4.98 Å². The number of nitrogens with zero attached hydrogens (tertiary/aromatic N) is 2. The lowest BCUT2D eigenvalue weighted by Gasteiger charge is -2.29. The maximum absolute atomic E-state index is 12.5. The van der Waals surface area contributed by atoms with Gasteiger partial charge in [-0.15, -0.1) is 0 Å². The summed E-state index contributed by atoms with van der Waals surface area (Å²) in [5.41, 5.74) is -0.567. The molecule has 0 bridgehead atoms. The lowest BCUT2D eigenvalue weighted by molar-refractivity contribution is -0.142. The minimum Gasteiger partial charge on any atom is -0.370 e. The molecule has 1 saturated carbocycles. The maximum atomic E-state index is 12.5. The van der Waals surface area contributed by atoms with Gasteiger partial charge in [-0.2, -0.15) is 0 Å². The van der Waals surface area contributed by atoms with E-state index in [-0.39, 0.29) is 5.78 Å². The van der Waals surface area contributed by atoms with Crippen LogP contribution in [0.1, 0.15) is 44.3 Å². The summed E-state index contributed by atoms with van der Waals surface area (Å²) in [4.78, 5) is 16.8. The first kappa shape index (κ1) is 13.3. The molecule has 1 heterocycles. The fourth-order valence-electron chi connectivity index (χ4n) is 2.77. The molecule has 0 atom stereocenters. The van der Waals surface area contributed by atoms with Crippen molar-refractivity contribution < 1.29 is 9.53 Å². The fourth-order valence-corrected chi connectivity index (χ4v) is 2.77. The van der Waals surface area contributed by atoms with Gasteiger partial charge in [-0.1, -0.05) is 25.7 Å². The molecular formula is C14H22N2O2. The van der Waals surface area contributed by atoms with Crippen molar-refractivity contribution in [2.75, 3.05) is 7.11 Å². The number of aryl methyl sites for hydroxylation is 1. The number of hydrogen-bond acceptors (Lipinski definition) is 3. The molecule has 0 spiro atoms. The maximum Gasteiger partial charge on any atom is 0.172 e. The van der Waals surface area contributed by atoms with Crippen LogP contribution < -0.4 is 0 Å². The molecular weight excluding hydrogens is 228 g/mol. The topological polar surface area (TPSA) is 44.1 Å². The third-order valence-corrected chi connectivity index (χ3v) is 4.05. The fraction of sp³-hybridized carbons (Fsp3) is 0.714. The Kier molecular flexibility index (Phi) is 4.17. The van der Waals surface area contributed by atoms with Crippen LogP contribution in [0.15, 0.2) is 12.4 Å². The molecule has 0 saturated heterocycles. The average Bonchev–Trinajstić information content (AvgIpc) is 2.66. The molecule has 1 aromatic heterocycles. The predicted molar refractivity (Wildman–Crippen MR) is 69.4 cm³/mol. The van der Waals surface area contributed by atoms with Crippen LogP contribution in [0.25, 0.3) is 0 Å². The van der Waals surface area contributed by atoms with Crippen molar-refractivity contribution in [2.45, 2.75) is 50.5 Å². The van der Waals surface area contributed by atoms with Crippen LogP contribution in [0.4, 0.5) is 0 Å². The second kappa shape index (κ2) is 5.65. The summed E-state index contributed by atoms with van der Waals surface area (Å²) < 4.78 is 7.52. The van der Waals surface area contributed by atoms with Crippen molar-refractivity contribution in [1.82, 2.24) is 9.55 Å². The Balaban J connectivity index is 2.11. The van der Waals surface area contributed by atoms with E-state index in [0.29, 0.717) is 6.42 Å². The molecule has 18 heavy (non-hydrogen) atoms. The molecule has 0 amide bonds. The molecule has 2 rings (SSSR count). The van der Waals surface area contributed by atoms with Crippen LogP contribution in [-0.4, -0.2) is 28.0 Å². The number of imidazole rings is 1. The minimum atomic E-state index is -0.567. The Labute approximate surface area is 108 Å². The van der Waals surface area contributed by atoms with E-state index < -0.39 is 5.60 Å². The molecule has 0 aromatic carbocycles. The van der Waals surface area contributed by atoms with Gasteiger partial charge < -0.3 is 9.30 Å². The first-order chi connectivity index (χ1) is 8.68. The molecule has 1 aliphatic carbocycles. The second-order valence-electron chi connectivity index (χ2n) is 5.17. The Morgan fingerprint density at radius 3 is 2.56 bits per heavy atom. The molecule has 4 heteroatoms. The van der Waals surface area contributed by atoms with Crippen LogP contribution in [-0.2, 0) is 23.0 Å². The van der Waals surface area contributed by atoms with Crippen LogP contribution in [0, 0.1) is 0 Å². The van der Waals surface area contributed by atoms with Crippen molar-refractivity contribution in [1.29, 1.82) is 0 Å². The zero-order valence-electron chi connectivity index (χ0n) is 11.3. The van der Waals surface area contributed by atoms with Crippen molar-refractivity contribution in [3.63, 3.8) is 0 Å². The number of ether oxygens (including phenoxy) is 1. The van der Waals surface area contributed by atoms with E-state index in [1.165, 1.54) is 12.8 Å². The third kappa shape index (κ3) is 2.64. The molecule has 0 radical (unpaired) electrons. The van der Waals surface area contributed by atoms with Crippen LogP contribution >= 0.6 is 0 Å². The van der Waals surface area contributed by atoms with E-state index in [1.807, 2.05) is 17.8 Å². The minimum absolute atomic E-state index is 0.182. The molecule has 100 valence electrons. The van der Waals surface area contributed by atoms with E-state index in [0.717, 1.165) is 31.5 Å². The molecule has 1 aromatic rings. The first-order valence-electron chi connectivity index (χ1n) is 6.72. The van der Waals surface area contributed by atoms with Gasteiger partial charge in [0.1, 0.15) is 11.4 Å². The highest BCUT2D eigenvalue weighted by Gasteiger charge is 2.38. The Morgan fingerprint density at radius 1 is 1.39 bits per heavy atom. The van der Waals surface area contributed by atoms with E-state index in [1.54, 1.807) is 13.3 Å². The quantitative estimate of drug-likeness (QED) is 0.770. The highest BCUT2D eigenvalue weighted by molar-refractivity contribution is 5.88. The van der Waals surface area contributed by atoms with Gasteiger partial charge in [0.05, 0.1) is 6.42 Å². The summed E-state index contributed by atoms with van der Waals surface area (Å²) in [7, 11) is 3.59. The number of hydrogen-bond donors (Lipinski definition) is 0. The van der Waals surface area contributed by atoms with Gasteiger partial charge in [-0.3, -0.25) is 4.79 Å². The Bertz CT molecular complexity index is 404. The number of ketones is 1. The zero-order valence-corrected chi connectivity index (χ0v) is 11.3. The molecule has 1 fully saturated rings. The van der Waals surface area contributed by atoms with Crippen molar-refractivity contribution in [2.24, 2.45) is 7.05 Å². The molecule has 0 N–H and O–H groups in total. The molecule has 4 nitrogen and oxygen atoms in total.